The number of amides is 2. The molecule has 7 nitrogen and oxygen atoms in total. The Hall–Kier alpha value is -2.28. The number of nitrogens with two attached hydrogens (primary N) is 2. The normalized spacial score (nSPS) is 13.2. The van der Waals surface area contributed by atoms with Crippen molar-refractivity contribution in [3.05, 3.63) is 23.8 Å². The van der Waals surface area contributed by atoms with Gasteiger partial charge in [-0.2, -0.15) is 0 Å². The largest absolute Gasteiger partial charge is 0.493 e. The maximum atomic E-state index is 12.5. The lowest BCUT2D eigenvalue weighted by atomic mass is 9.90. The summed E-state index contributed by atoms with van der Waals surface area (Å²) in [4.78, 5) is 23.3. The molecule has 0 bridgehead atoms. The van der Waals surface area contributed by atoms with Crippen molar-refractivity contribution in [2.75, 3.05) is 20.3 Å². The Bertz CT molecular complexity index is 589. The summed E-state index contributed by atoms with van der Waals surface area (Å²) in [6.07, 6.45) is 0.770. The molecule has 134 valence electrons. The van der Waals surface area contributed by atoms with E-state index in [0.717, 1.165) is 6.42 Å². The zero-order valence-electron chi connectivity index (χ0n) is 14.7. The van der Waals surface area contributed by atoms with E-state index in [0.29, 0.717) is 29.5 Å². The second-order valence-corrected chi connectivity index (χ2v) is 6.44. The number of carbonyl (C=O) groups excluding carboxylic acids is 2. The van der Waals surface area contributed by atoms with Crippen molar-refractivity contribution in [3.63, 3.8) is 0 Å². The van der Waals surface area contributed by atoms with Crippen LogP contribution in [0.4, 0.5) is 0 Å². The molecule has 0 aliphatic carbocycles. The molecule has 0 aliphatic heterocycles. The highest BCUT2D eigenvalue weighted by molar-refractivity contribution is 5.95. The molecule has 0 spiro atoms. The average molecular weight is 337 g/mol. The standard InChI is InChI=1S/C17H27N3O4/c1-11(2)8-17(3,10-18)20-16(22)12-5-6-13(14(7-12)23-4)24-9-15(19)21/h5-7,11H,8-10,18H2,1-4H3,(H2,19,21)(H,20,22). The third-order valence-corrected chi connectivity index (χ3v) is 3.52. The van der Waals surface area contributed by atoms with Crippen molar-refractivity contribution >= 4 is 11.8 Å². The van der Waals surface area contributed by atoms with Crippen molar-refractivity contribution in [2.24, 2.45) is 17.4 Å². The van der Waals surface area contributed by atoms with Gasteiger partial charge in [0.15, 0.2) is 18.1 Å². The van der Waals surface area contributed by atoms with Crippen molar-refractivity contribution in [1.82, 2.24) is 5.32 Å². The molecule has 1 unspecified atom stereocenters. The van der Waals surface area contributed by atoms with Crippen LogP contribution in [-0.2, 0) is 4.79 Å². The summed E-state index contributed by atoms with van der Waals surface area (Å²) in [6.45, 7) is 6.16. The van der Waals surface area contributed by atoms with Gasteiger partial charge in [-0.3, -0.25) is 9.59 Å². The van der Waals surface area contributed by atoms with E-state index in [2.05, 4.69) is 19.2 Å². The number of hydrogen-bond donors (Lipinski definition) is 3. The number of benzene rings is 1. The van der Waals surface area contributed by atoms with Gasteiger partial charge in [0.25, 0.3) is 11.8 Å². The highest BCUT2D eigenvalue weighted by Gasteiger charge is 2.26. The molecule has 1 atom stereocenters. The molecular formula is C17H27N3O4. The van der Waals surface area contributed by atoms with Crippen LogP contribution in [0.5, 0.6) is 11.5 Å². The Balaban J connectivity index is 2.93. The molecule has 0 radical (unpaired) electrons. The van der Waals surface area contributed by atoms with Gasteiger partial charge in [0, 0.05) is 17.6 Å². The Labute approximate surface area is 142 Å². The third-order valence-electron chi connectivity index (χ3n) is 3.52. The van der Waals surface area contributed by atoms with Crippen LogP contribution in [0.2, 0.25) is 0 Å². The maximum absolute atomic E-state index is 12.5. The Morgan fingerprint density at radius 2 is 1.96 bits per heavy atom. The number of methoxy groups -OCH3 is 1. The smallest absolute Gasteiger partial charge is 0.255 e. The van der Waals surface area contributed by atoms with Crippen molar-refractivity contribution in [1.29, 1.82) is 0 Å². The molecule has 0 heterocycles. The zero-order valence-corrected chi connectivity index (χ0v) is 14.7. The molecule has 0 fully saturated rings. The van der Waals surface area contributed by atoms with E-state index in [4.69, 9.17) is 20.9 Å². The zero-order chi connectivity index (χ0) is 18.3. The number of ether oxygens (including phenoxy) is 2. The van der Waals surface area contributed by atoms with Crippen LogP contribution in [0.3, 0.4) is 0 Å². The van der Waals surface area contributed by atoms with E-state index in [9.17, 15) is 9.59 Å². The monoisotopic (exact) mass is 337 g/mol. The summed E-state index contributed by atoms with van der Waals surface area (Å²) in [5, 5.41) is 2.98. The van der Waals surface area contributed by atoms with E-state index < -0.39 is 11.4 Å². The first-order valence-electron chi connectivity index (χ1n) is 7.82. The number of rotatable bonds is 9. The van der Waals surface area contributed by atoms with Crippen molar-refractivity contribution < 1.29 is 19.1 Å². The molecule has 5 N–H and O–H groups in total. The molecule has 1 aromatic rings. The molecule has 0 saturated heterocycles. The third kappa shape index (κ3) is 5.73. The van der Waals surface area contributed by atoms with Crippen molar-refractivity contribution in [3.8, 4) is 11.5 Å². The fraction of sp³-hybridized carbons (Fsp3) is 0.529. The van der Waals surface area contributed by atoms with Gasteiger partial charge in [-0.05, 0) is 37.5 Å². The molecule has 24 heavy (non-hydrogen) atoms. The molecule has 2 amide bonds. The fourth-order valence-corrected chi connectivity index (χ4v) is 2.51. The lowest BCUT2D eigenvalue weighted by Crippen LogP contribution is -2.52. The number of hydrogen-bond acceptors (Lipinski definition) is 5. The first-order valence-corrected chi connectivity index (χ1v) is 7.82. The maximum Gasteiger partial charge on any atom is 0.255 e. The van der Waals surface area contributed by atoms with E-state index in [1.165, 1.54) is 7.11 Å². The van der Waals surface area contributed by atoms with Gasteiger partial charge in [-0.1, -0.05) is 13.8 Å². The van der Waals surface area contributed by atoms with Gasteiger partial charge in [-0.25, -0.2) is 0 Å². The molecule has 1 rings (SSSR count). The van der Waals surface area contributed by atoms with E-state index >= 15 is 0 Å². The molecule has 7 heteroatoms. The summed E-state index contributed by atoms with van der Waals surface area (Å²) in [5.74, 6) is 0.256. The second kappa shape index (κ2) is 8.54. The van der Waals surface area contributed by atoms with Crippen LogP contribution in [0, 0.1) is 5.92 Å². The van der Waals surface area contributed by atoms with Crippen LogP contribution in [0.25, 0.3) is 0 Å². The summed E-state index contributed by atoms with van der Waals surface area (Å²) in [5.41, 5.74) is 10.8. The van der Waals surface area contributed by atoms with Crippen LogP contribution in [0.15, 0.2) is 18.2 Å². The molecule has 0 aliphatic rings. The second-order valence-electron chi connectivity index (χ2n) is 6.44. The number of primary amides is 1. The summed E-state index contributed by atoms with van der Waals surface area (Å²) in [6, 6.07) is 4.72. The number of nitrogens with one attached hydrogen (secondary N) is 1. The topological polar surface area (TPSA) is 117 Å². The van der Waals surface area contributed by atoms with Crippen LogP contribution in [0.1, 0.15) is 37.6 Å². The highest BCUT2D eigenvalue weighted by atomic mass is 16.5. The van der Waals surface area contributed by atoms with E-state index in [1.54, 1.807) is 18.2 Å². The van der Waals surface area contributed by atoms with E-state index in [-0.39, 0.29) is 12.5 Å². The molecule has 0 saturated carbocycles. The van der Waals surface area contributed by atoms with Gasteiger partial charge in [0.1, 0.15) is 0 Å². The van der Waals surface area contributed by atoms with Gasteiger partial charge in [-0.15, -0.1) is 0 Å². The number of carbonyl (C=O) groups is 2. The summed E-state index contributed by atoms with van der Waals surface area (Å²) in [7, 11) is 1.46. The van der Waals surface area contributed by atoms with Gasteiger partial charge in [0.2, 0.25) is 0 Å². The lowest BCUT2D eigenvalue weighted by molar-refractivity contribution is -0.119. The van der Waals surface area contributed by atoms with Crippen molar-refractivity contribution in [2.45, 2.75) is 32.7 Å². The van der Waals surface area contributed by atoms with Gasteiger partial charge >= 0.3 is 0 Å². The minimum Gasteiger partial charge on any atom is -0.493 e. The first-order chi connectivity index (χ1) is 11.2. The summed E-state index contributed by atoms with van der Waals surface area (Å²) < 4.78 is 10.5. The van der Waals surface area contributed by atoms with Crippen LogP contribution in [-0.4, -0.2) is 37.6 Å². The predicted molar refractivity (Wildman–Crippen MR) is 92.1 cm³/mol. The SMILES string of the molecule is COc1cc(C(=O)NC(C)(CN)CC(C)C)ccc1OCC(N)=O. The average Bonchev–Trinajstić information content (AvgIpc) is 2.51. The Morgan fingerprint density at radius 1 is 1.29 bits per heavy atom. The Morgan fingerprint density at radius 3 is 2.46 bits per heavy atom. The first kappa shape index (κ1) is 19.8. The van der Waals surface area contributed by atoms with Crippen LogP contribution < -0.4 is 26.3 Å². The molecule has 1 aromatic carbocycles. The minimum absolute atomic E-state index is 0.247. The highest BCUT2D eigenvalue weighted by Crippen LogP contribution is 2.28. The predicted octanol–water partition coefficient (Wildman–Crippen LogP) is 1.05. The van der Waals surface area contributed by atoms with Crippen LogP contribution >= 0.6 is 0 Å². The fourth-order valence-electron chi connectivity index (χ4n) is 2.51. The van der Waals surface area contributed by atoms with Gasteiger partial charge < -0.3 is 26.3 Å². The quantitative estimate of drug-likeness (QED) is 0.623. The van der Waals surface area contributed by atoms with Gasteiger partial charge in [0.05, 0.1) is 7.11 Å². The molecular weight excluding hydrogens is 310 g/mol. The van der Waals surface area contributed by atoms with E-state index in [1.807, 2.05) is 6.92 Å². The lowest BCUT2D eigenvalue weighted by Gasteiger charge is -2.31. The molecule has 0 aromatic heterocycles. The Kier molecular flexibility index (Phi) is 7.03. The summed E-state index contributed by atoms with van der Waals surface area (Å²) >= 11 is 0. The minimum atomic E-state index is -0.591.